The number of nitrogens with one attached hydrogen (secondary N) is 1. The zero-order valence-corrected chi connectivity index (χ0v) is 11.5. The van der Waals surface area contributed by atoms with Crippen LogP contribution in [0.25, 0.3) is 0 Å². The van der Waals surface area contributed by atoms with Gasteiger partial charge in [0.05, 0.1) is 0 Å². The molecule has 0 aromatic heterocycles. The largest absolute Gasteiger partial charge is 0.342 e. The molecule has 0 spiro atoms. The Kier molecular flexibility index (Phi) is 4.47. The number of carbonyl (C=O) groups excluding carboxylic acids is 2. The lowest BCUT2D eigenvalue weighted by Gasteiger charge is -2.41. The van der Waals surface area contributed by atoms with Crippen LogP contribution in [0, 0.1) is 18.3 Å². The Morgan fingerprint density at radius 1 is 1.32 bits per heavy atom. The molecule has 1 aliphatic heterocycles. The van der Waals surface area contributed by atoms with Gasteiger partial charge in [-0.3, -0.25) is 9.59 Å². The summed E-state index contributed by atoms with van der Waals surface area (Å²) >= 11 is 0. The Bertz CT molecular complexity index is 393. The van der Waals surface area contributed by atoms with Gasteiger partial charge in [-0.05, 0) is 25.7 Å². The summed E-state index contributed by atoms with van der Waals surface area (Å²) in [6.45, 7) is 2.24. The average Bonchev–Trinajstić information content (AvgIpc) is 2.44. The first-order chi connectivity index (χ1) is 9.15. The van der Waals surface area contributed by atoms with E-state index in [1.807, 2.05) is 0 Å². The number of carbonyl (C=O) groups is 2. The summed E-state index contributed by atoms with van der Waals surface area (Å²) < 4.78 is 0. The van der Waals surface area contributed by atoms with E-state index in [1.165, 1.54) is 6.42 Å². The van der Waals surface area contributed by atoms with E-state index < -0.39 is 6.04 Å². The van der Waals surface area contributed by atoms with E-state index in [0.717, 1.165) is 25.7 Å². The quantitative estimate of drug-likeness (QED) is 0.780. The summed E-state index contributed by atoms with van der Waals surface area (Å²) in [6.07, 6.45) is 11.4. The van der Waals surface area contributed by atoms with Crippen molar-refractivity contribution in [2.75, 3.05) is 6.54 Å². The van der Waals surface area contributed by atoms with Crippen LogP contribution in [0.3, 0.4) is 0 Å². The van der Waals surface area contributed by atoms with Gasteiger partial charge >= 0.3 is 0 Å². The first-order valence-corrected chi connectivity index (χ1v) is 7.19. The third-order valence-corrected chi connectivity index (χ3v) is 4.31. The van der Waals surface area contributed by atoms with E-state index in [2.05, 4.69) is 11.2 Å². The molecule has 1 saturated heterocycles. The predicted octanol–water partition coefficient (Wildman–Crippen LogP) is 1.31. The van der Waals surface area contributed by atoms with Crippen molar-refractivity contribution in [3.8, 4) is 12.3 Å². The Balaban J connectivity index is 2.09. The Morgan fingerprint density at radius 2 is 2.00 bits per heavy atom. The number of hydrogen-bond donors (Lipinski definition) is 1. The molecule has 0 bridgehead atoms. The highest BCUT2D eigenvalue weighted by Crippen LogP contribution is 2.29. The van der Waals surface area contributed by atoms with E-state index in [4.69, 9.17) is 6.42 Å². The molecule has 104 valence electrons. The number of terminal acetylenes is 1. The van der Waals surface area contributed by atoms with Crippen molar-refractivity contribution in [3.63, 3.8) is 0 Å². The number of nitrogens with zero attached hydrogens (tertiary/aromatic N) is 1. The normalized spacial score (nSPS) is 28.9. The van der Waals surface area contributed by atoms with Gasteiger partial charge in [0.2, 0.25) is 11.8 Å². The maximum Gasteiger partial charge on any atom is 0.246 e. The maximum atomic E-state index is 12.5. The van der Waals surface area contributed by atoms with E-state index in [9.17, 15) is 9.59 Å². The lowest BCUT2D eigenvalue weighted by Crippen LogP contribution is -2.64. The number of piperazine rings is 1. The molecule has 2 aliphatic rings. The molecule has 0 aromatic carbocycles. The highest BCUT2D eigenvalue weighted by molar-refractivity contribution is 5.96. The van der Waals surface area contributed by atoms with Crippen LogP contribution in [0.2, 0.25) is 0 Å². The fourth-order valence-electron chi connectivity index (χ4n) is 3.12. The van der Waals surface area contributed by atoms with Gasteiger partial charge in [0.1, 0.15) is 12.1 Å². The summed E-state index contributed by atoms with van der Waals surface area (Å²) in [4.78, 5) is 26.2. The van der Waals surface area contributed by atoms with Crippen LogP contribution in [0.5, 0.6) is 0 Å². The molecule has 2 fully saturated rings. The molecule has 2 amide bonds. The summed E-state index contributed by atoms with van der Waals surface area (Å²) in [5.74, 6) is 2.84. The molecule has 4 heteroatoms. The Hall–Kier alpha value is -1.50. The molecule has 0 aromatic rings. The van der Waals surface area contributed by atoms with E-state index in [1.54, 1.807) is 11.8 Å². The molecular weight excluding hydrogens is 240 g/mol. The molecule has 1 saturated carbocycles. The zero-order valence-electron chi connectivity index (χ0n) is 11.5. The van der Waals surface area contributed by atoms with Crippen molar-refractivity contribution in [3.05, 3.63) is 0 Å². The zero-order chi connectivity index (χ0) is 13.8. The van der Waals surface area contributed by atoms with Gasteiger partial charge in [0.15, 0.2) is 0 Å². The number of rotatable bonds is 3. The SMILES string of the molecule is C#CCCN1C(=O)C(C2CCCCC2)NC(=O)C1C. The van der Waals surface area contributed by atoms with Crippen LogP contribution in [0.4, 0.5) is 0 Å². The second-order valence-corrected chi connectivity index (χ2v) is 5.55. The van der Waals surface area contributed by atoms with E-state index in [-0.39, 0.29) is 17.9 Å². The molecule has 2 unspecified atom stereocenters. The molecule has 1 heterocycles. The van der Waals surface area contributed by atoms with Crippen molar-refractivity contribution in [2.24, 2.45) is 5.92 Å². The van der Waals surface area contributed by atoms with Crippen LogP contribution >= 0.6 is 0 Å². The first-order valence-electron chi connectivity index (χ1n) is 7.19. The number of hydrogen-bond acceptors (Lipinski definition) is 2. The Morgan fingerprint density at radius 3 is 2.63 bits per heavy atom. The average molecular weight is 262 g/mol. The van der Waals surface area contributed by atoms with Crippen LogP contribution in [-0.2, 0) is 9.59 Å². The van der Waals surface area contributed by atoms with Gasteiger partial charge in [-0.1, -0.05) is 19.3 Å². The molecule has 2 rings (SSSR count). The van der Waals surface area contributed by atoms with Crippen LogP contribution in [0.1, 0.15) is 45.4 Å². The molecule has 2 atom stereocenters. The van der Waals surface area contributed by atoms with Gasteiger partial charge in [-0.15, -0.1) is 12.3 Å². The lowest BCUT2D eigenvalue weighted by atomic mass is 9.82. The topological polar surface area (TPSA) is 49.4 Å². The third-order valence-electron chi connectivity index (χ3n) is 4.31. The summed E-state index contributed by atoms with van der Waals surface area (Å²) in [7, 11) is 0. The van der Waals surface area contributed by atoms with Crippen LogP contribution in [0.15, 0.2) is 0 Å². The summed E-state index contributed by atoms with van der Waals surface area (Å²) in [6, 6.07) is -0.734. The molecule has 1 N–H and O–H groups in total. The van der Waals surface area contributed by atoms with E-state index >= 15 is 0 Å². The van der Waals surface area contributed by atoms with Crippen LogP contribution < -0.4 is 5.32 Å². The van der Waals surface area contributed by atoms with Crippen molar-refractivity contribution < 1.29 is 9.59 Å². The Labute approximate surface area is 114 Å². The van der Waals surface area contributed by atoms with Crippen LogP contribution in [-0.4, -0.2) is 35.3 Å². The summed E-state index contributed by atoms with van der Waals surface area (Å²) in [5, 5.41) is 2.91. The third kappa shape index (κ3) is 2.91. The summed E-state index contributed by atoms with van der Waals surface area (Å²) in [5.41, 5.74) is 0. The molecule has 0 radical (unpaired) electrons. The minimum atomic E-state index is -0.402. The van der Waals surface area contributed by atoms with Gasteiger partial charge in [0, 0.05) is 13.0 Å². The second kappa shape index (κ2) is 6.10. The van der Waals surface area contributed by atoms with Crippen molar-refractivity contribution in [1.82, 2.24) is 10.2 Å². The van der Waals surface area contributed by atoms with Crippen molar-refractivity contribution >= 4 is 11.8 Å². The lowest BCUT2D eigenvalue weighted by molar-refractivity contribution is -0.150. The standard InChI is InChI=1S/C15H22N2O2/c1-3-4-10-17-11(2)14(18)16-13(15(17)19)12-8-6-5-7-9-12/h1,11-13H,4-10H2,2H3,(H,16,18). The molecule has 1 aliphatic carbocycles. The van der Waals surface area contributed by atoms with Gasteiger partial charge in [0.25, 0.3) is 0 Å². The van der Waals surface area contributed by atoms with Crippen molar-refractivity contribution in [1.29, 1.82) is 0 Å². The van der Waals surface area contributed by atoms with Gasteiger partial charge in [-0.25, -0.2) is 0 Å². The van der Waals surface area contributed by atoms with Crippen molar-refractivity contribution in [2.45, 2.75) is 57.5 Å². The second-order valence-electron chi connectivity index (χ2n) is 5.55. The van der Waals surface area contributed by atoms with E-state index in [0.29, 0.717) is 18.9 Å². The fourth-order valence-corrected chi connectivity index (χ4v) is 3.12. The highest BCUT2D eigenvalue weighted by Gasteiger charge is 2.41. The first kappa shape index (κ1) is 13.9. The molecule has 4 nitrogen and oxygen atoms in total. The van der Waals surface area contributed by atoms with Gasteiger partial charge in [-0.2, -0.15) is 0 Å². The molecular formula is C15H22N2O2. The molecule has 19 heavy (non-hydrogen) atoms. The smallest absolute Gasteiger partial charge is 0.246 e. The minimum absolute atomic E-state index is 0.0489. The maximum absolute atomic E-state index is 12.5. The highest BCUT2D eigenvalue weighted by atomic mass is 16.2. The monoisotopic (exact) mass is 262 g/mol. The fraction of sp³-hybridized carbons (Fsp3) is 0.733. The van der Waals surface area contributed by atoms with Gasteiger partial charge < -0.3 is 10.2 Å². The minimum Gasteiger partial charge on any atom is -0.342 e. The predicted molar refractivity (Wildman–Crippen MR) is 73.1 cm³/mol. The number of amides is 2.